The Hall–Kier alpha value is -3.06. The van der Waals surface area contributed by atoms with Gasteiger partial charge in [0.25, 0.3) is 5.91 Å². The number of hydrogen-bond acceptors (Lipinski definition) is 4. The number of halogens is 1. The highest BCUT2D eigenvalue weighted by atomic mass is 32.1. The quantitative estimate of drug-likeness (QED) is 0.565. The first-order valence-corrected chi connectivity index (χ1v) is 8.86. The summed E-state index contributed by atoms with van der Waals surface area (Å²) in [4.78, 5) is 17.9. The number of aromatic amines is 1. The van der Waals surface area contributed by atoms with E-state index in [1.807, 2.05) is 25.1 Å². The van der Waals surface area contributed by atoms with Crippen LogP contribution in [0.4, 0.5) is 9.52 Å². The molecule has 0 aliphatic rings. The van der Waals surface area contributed by atoms with Crippen LogP contribution in [0.1, 0.15) is 26.5 Å². The zero-order valence-electron chi connectivity index (χ0n) is 13.9. The average molecular weight is 366 g/mol. The highest BCUT2D eigenvalue weighted by Gasteiger charge is 2.15. The van der Waals surface area contributed by atoms with Gasteiger partial charge in [-0.25, -0.2) is 9.37 Å². The van der Waals surface area contributed by atoms with Crippen molar-refractivity contribution in [3.63, 3.8) is 0 Å². The molecule has 26 heavy (non-hydrogen) atoms. The summed E-state index contributed by atoms with van der Waals surface area (Å²) in [5.74, 6) is -0.497. The summed E-state index contributed by atoms with van der Waals surface area (Å²) in [5.41, 5.74) is 2.58. The summed E-state index contributed by atoms with van der Waals surface area (Å²) in [6.45, 7) is 1.86. The summed E-state index contributed by atoms with van der Waals surface area (Å²) >= 11 is 1.36. The predicted molar refractivity (Wildman–Crippen MR) is 100 cm³/mol. The van der Waals surface area contributed by atoms with Crippen molar-refractivity contribution in [3.8, 4) is 0 Å². The van der Waals surface area contributed by atoms with Crippen LogP contribution in [-0.4, -0.2) is 21.1 Å². The van der Waals surface area contributed by atoms with Crippen molar-refractivity contribution >= 4 is 33.3 Å². The molecule has 2 heterocycles. The lowest BCUT2D eigenvalue weighted by Crippen LogP contribution is -2.12. The molecule has 0 spiro atoms. The van der Waals surface area contributed by atoms with E-state index in [1.54, 1.807) is 24.4 Å². The Morgan fingerprint density at radius 1 is 1.23 bits per heavy atom. The van der Waals surface area contributed by atoms with Gasteiger partial charge in [0.2, 0.25) is 0 Å². The van der Waals surface area contributed by atoms with Gasteiger partial charge in [0.05, 0.1) is 23.0 Å². The second-order valence-electron chi connectivity index (χ2n) is 5.89. The van der Waals surface area contributed by atoms with Crippen molar-refractivity contribution < 1.29 is 9.18 Å². The lowest BCUT2D eigenvalue weighted by Gasteiger charge is -2.03. The molecule has 5 nitrogen and oxygen atoms in total. The molecular formula is C19H15FN4OS. The van der Waals surface area contributed by atoms with Gasteiger partial charge in [-0.05, 0) is 24.6 Å². The van der Waals surface area contributed by atoms with Gasteiger partial charge in [-0.15, -0.1) is 11.3 Å². The molecule has 0 saturated carbocycles. The molecule has 0 aliphatic heterocycles. The van der Waals surface area contributed by atoms with Crippen molar-refractivity contribution in [3.05, 3.63) is 76.2 Å². The first-order valence-electron chi connectivity index (χ1n) is 8.05. The molecule has 2 N–H and O–H groups in total. The van der Waals surface area contributed by atoms with Crippen LogP contribution in [0.5, 0.6) is 0 Å². The monoisotopic (exact) mass is 366 g/mol. The Labute approximate surface area is 152 Å². The number of fused-ring (bicyclic) bond motifs is 1. The Morgan fingerprint density at radius 3 is 2.92 bits per heavy atom. The third kappa shape index (κ3) is 3.09. The van der Waals surface area contributed by atoms with E-state index in [0.29, 0.717) is 28.2 Å². The molecule has 2 aromatic carbocycles. The fourth-order valence-corrected chi connectivity index (χ4v) is 3.76. The second-order valence-corrected chi connectivity index (χ2v) is 6.97. The number of carbonyl (C=O) groups is 1. The van der Waals surface area contributed by atoms with Gasteiger partial charge in [0.15, 0.2) is 5.13 Å². The maximum absolute atomic E-state index is 13.9. The lowest BCUT2D eigenvalue weighted by atomic mass is 10.1. The number of rotatable bonds is 4. The number of aromatic nitrogens is 3. The Kier molecular flexibility index (Phi) is 4.22. The number of para-hydroxylation sites is 1. The van der Waals surface area contributed by atoms with E-state index in [2.05, 4.69) is 20.5 Å². The van der Waals surface area contributed by atoms with E-state index in [-0.39, 0.29) is 11.7 Å². The molecule has 0 aliphatic carbocycles. The van der Waals surface area contributed by atoms with Gasteiger partial charge >= 0.3 is 0 Å². The smallest absolute Gasteiger partial charge is 0.259 e. The van der Waals surface area contributed by atoms with Crippen molar-refractivity contribution in [1.82, 2.24) is 15.2 Å². The fourth-order valence-electron chi connectivity index (χ4n) is 2.78. The molecule has 0 atom stereocenters. The maximum Gasteiger partial charge on any atom is 0.259 e. The van der Waals surface area contributed by atoms with Crippen LogP contribution in [0.3, 0.4) is 0 Å². The van der Waals surface area contributed by atoms with E-state index < -0.39 is 0 Å². The van der Waals surface area contributed by atoms with Gasteiger partial charge in [-0.3, -0.25) is 15.2 Å². The summed E-state index contributed by atoms with van der Waals surface area (Å²) in [6, 6.07) is 12.1. The molecule has 4 rings (SSSR count). The zero-order valence-corrected chi connectivity index (χ0v) is 14.7. The van der Waals surface area contributed by atoms with E-state index in [0.717, 1.165) is 16.0 Å². The number of nitrogens with one attached hydrogen (secondary N) is 2. The molecule has 0 saturated heterocycles. The number of benzene rings is 2. The molecule has 2 aromatic heterocycles. The number of carbonyl (C=O) groups excluding carboxylic acids is 1. The molecule has 1 amide bonds. The van der Waals surface area contributed by atoms with Crippen molar-refractivity contribution in [2.45, 2.75) is 13.3 Å². The number of hydrogen-bond donors (Lipinski definition) is 2. The molecule has 130 valence electrons. The van der Waals surface area contributed by atoms with E-state index in [9.17, 15) is 9.18 Å². The Balaban J connectivity index is 1.57. The van der Waals surface area contributed by atoms with Gasteiger partial charge in [-0.1, -0.05) is 30.3 Å². The van der Waals surface area contributed by atoms with Crippen LogP contribution in [0.15, 0.2) is 48.7 Å². The van der Waals surface area contributed by atoms with Crippen molar-refractivity contribution in [2.75, 3.05) is 5.32 Å². The minimum Gasteiger partial charge on any atom is -0.298 e. The Bertz CT molecular complexity index is 1100. The van der Waals surface area contributed by atoms with Gasteiger partial charge in [-0.2, -0.15) is 5.10 Å². The maximum atomic E-state index is 13.9. The van der Waals surface area contributed by atoms with E-state index in [1.165, 1.54) is 17.4 Å². The van der Waals surface area contributed by atoms with E-state index >= 15 is 0 Å². The first kappa shape index (κ1) is 16.4. The molecule has 0 radical (unpaired) electrons. The number of amides is 1. The number of anilines is 1. The number of nitrogens with zero attached hydrogens (tertiary/aromatic N) is 2. The topological polar surface area (TPSA) is 70.7 Å². The summed E-state index contributed by atoms with van der Waals surface area (Å²) in [6.07, 6.45) is 2.12. The molecule has 0 unspecified atom stereocenters. The number of aryl methyl sites for hydroxylation is 1. The van der Waals surface area contributed by atoms with Crippen LogP contribution in [-0.2, 0) is 6.42 Å². The average Bonchev–Trinajstić information content (AvgIpc) is 3.23. The minimum atomic E-state index is -0.258. The predicted octanol–water partition coefficient (Wildman–Crippen LogP) is 4.31. The highest BCUT2D eigenvalue weighted by Crippen LogP contribution is 2.27. The summed E-state index contributed by atoms with van der Waals surface area (Å²) in [5, 5.41) is 11.0. The van der Waals surface area contributed by atoms with Crippen LogP contribution >= 0.6 is 11.3 Å². The third-order valence-corrected chi connectivity index (χ3v) is 5.22. The largest absolute Gasteiger partial charge is 0.298 e. The van der Waals surface area contributed by atoms with Crippen LogP contribution in [0, 0.1) is 12.7 Å². The van der Waals surface area contributed by atoms with Gasteiger partial charge < -0.3 is 0 Å². The van der Waals surface area contributed by atoms with Crippen LogP contribution in [0.2, 0.25) is 0 Å². The van der Waals surface area contributed by atoms with Crippen molar-refractivity contribution in [1.29, 1.82) is 0 Å². The summed E-state index contributed by atoms with van der Waals surface area (Å²) < 4.78 is 13.9. The molecule has 4 aromatic rings. The van der Waals surface area contributed by atoms with Crippen molar-refractivity contribution in [2.24, 2.45) is 0 Å². The molecule has 7 heteroatoms. The molecular weight excluding hydrogens is 351 g/mol. The van der Waals surface area contributed by atoms with Crippen LogP contribution in [0.25, 0.3) is 10.9 Å². The zero-order chi connectivity index (χ0) is 18.1. The molecule has 0 bridgehead atoms. The number of thiazole rings is 1. The van der Waals surface area contributed by atoms with Gasteiger partial charge in [0.1, 0.15) is 5.82 Å². The fraction of sp³-hybridized carbons (Fsp3) is 0.105. The van der Waals surface area contributed by atoms with Crippen LogP contribution < -0.4 is 5.32 Å². The highest BCUT2D eigenvalue weighted by molar-refractivity contribution is 7.15. The molecule has 0 fully saturated rings. The van der Waals surface area contributed by atoms with E-state index in [4.69, 9.17) is 0 Å². The minimum absolute atomic E-state index is 0.239. The Morgan fingerprint density at radius 2 is 2.08 bits per heavy atom. The second kappa shape index (κ2) is 6.68. The number of H-pyrrole nitrogens is 1. The third-order valence-electron chi connectivity index (χ3n) is 4.14. The lowest BCUT2D eigenvalue weighted by molar-refractivity contribution is 0.102. The summed E-state index contributed by atoms with van der Waals surface area (Å²) in [7, 11) is 0. The first-order chi connectivity index (χ1) is 12.6. The standard InChI is InChI=1S/C19H15FN4OS/c1-11-16(9-12-5-2-3-8-15(12)20)26-19(22-11)23-18(25)14-7-4-6-13-10-21-24-17(13)14/h2-8,10H,9H2,1H3,(H,21,24)(H,22,23,25). The van der Waals surface area contributed by atoms with Gasteiger partial charge in [0, 0.05) is 16.7 Å². The SMILES string of the molecule is Cc1nc(NC(=O)c2cccc3cn[nH]c23)sc1Cc1ccccc1F. The normalized spacial score (nSPS) is 11.0.